The zero-order valence-corrected chi connectivity index (χ0v) is 14.5. The number of fused-ring (bicyclic) bond motifs is 1. The third-order valence-corrected chi connectivity index (χ3v) is 4.87. The summed E-state index contributed by atoms with van der Waals surface area (Å²) in [6, 6.07) is 11.1. The molecule has 0 atom stereocenters. The van der Waals surface area contributed by atoms with Gasteiger partial charge >= 0.3 is 0 Å². The highest BCUT2D eigenvalue weighted by atomic mass is 19.1. The number of hydrogen-bond donors (Lipinski definition) is 0. The molecule has 0 fully saturated rings. The minimum atomic E-state index is -0.176. The Morgan fingerprint density at radius 2 is 2.12 bits per heavy atom. The van der Waals surface area contributed by atoms with E-state index < -0.39 is 0 Å². The number of aromatic nitrogens is 1. The summed E-state index contributed by atoms with van der Waals surface area (Å²) in [5.41, 5.74) is 4.77. The van der Waals surface area contributed by atoms with Gasteiger partial charge in [-0.05, 0) is 41.8 Å². The molecule has 0 saturated carbocycles. The molecule has 0 spiro atoms. The Morgan fingerprint density at radius 1 is 1.20 bits per heavy atom. The Balaban J connectivity index is 1.60. The lowest BCUT2D eigenvalue weighted by Gasteiger charge is -2.40. The summed E-state index contributed by atoms with van der Waals surface area (Å²) in [6.45, 7) is 5.56. The second-order valence-corrected chi connectivity index (χ2v) is 6.70. The third-order valence-electron chi connectivity index (χ3n) is 4.87. The highest BCUT2D eigenvalue weighted by molar-refractivity contribution is 5.31. The van der Waals surface area contributed by atoms with E-state index in [1.54, 1.807) is 12.1 Å². The molecular formula is C21H22FN3. The summed E-state index contributed by atoms with van der Waals surface area (Å²) >= 11 is 0. The van der Waals surface area contributed by atoms with Gasteiger partial charge in [0.05, 0.1) is 0 Å². The lowest BCUT2D eigenvalue weighted by atomic mass is 10.0. The monoisotopic (exact) mass is 335 g/mol. The van der Waals surface area contributed by atoms with Crippen molar-refractivity contribution in [1.29, 1.82) is 0 Å². The predicted molar refractivity (Wildman–Crippen MR) is 97.0 cm³/mol. The van der Waals surface area contributed by atoms with Crippen LogP contribution in [0.3, 0.4) is 0 Å². The van der Waals surface area contributed by atoms with Crippen LogP contribution in [0.1, 0.15) is 23.7 Å². The Labute approximate surface area is 148 Å². The number of benzene rings is 1. The molecule has 128 valence electrons. The molecule has 3 heterocycles. The zero-order chi connectivity index (χ0) is 17.2. The van der Waals surface area contributed by atoms with Gasteiger partial charge in [-0.1, -0.05) is 30.4 Å². The minimum absolute atomic E-state index is 0.176. The molecule has 4 rings (SSSR count). The second kappa shape index (κ2) is 6.71. The third kappa shape index (κ3) is 3.29. The van der Waals surface area contributed by atoms with Crippen molar-refractivity contribution in [3.05, 3.63) is 88.8 Å². The number of pyridine rings is 1. The smallest absolute Gasteiger partial charge is 0.123 e. The van der Waals surface area contributed by atoms with Crippen LogP contribution in [0.5, 0.6) is 0 Å². The van der Waals surface area contributed by atoms with Crippen LogP contribution in [0.25, 0.3) is 0 Å². The summed E-state index contributed by atoms with van der Waals surface area (Å²) in [4.78, 5) is 9.27. The summed E-state index contributed by atoms with van der Waals surface area (Å²) in [7, 11) is 0. The number of hydrogen-bond acceptors (Lipinski definition) is 3. The maximum absolute atomic E-state index is 13.6. The van der Waals surface area contributed by atoms with Gasteiger partial charge in [0, 0.05) is 44.5 Å². The van der Waals surface area contributed by atoms with E-state index in [2.05, 4.69) is 39.9 Å². The Bertz CT molecular complexity index is 841. The van der Waals surface area contributed by atoms with Crippen LogP contribution in [0.4, 0.5) is 4.39 Å². The molecule has 0 amide bonds. The zero-order valence-electron chi connectivity index (χ0n) is 14.5. The molecule has 0 bridgehead atoms. The first-order chi connectivity index (χ1) is 12.2. The fraction of sp³-hybridized carbons (Fsp3) is 0.286. The van der Waals surface area contributed by atoms with Crippen molar-refractivity contribution in [1.82, 2.24) is 14.8 Å². The molecule has 0 N–H and O–H groups in total. The molecule has 0 unspecified atom stereocenters. The molecule has 4 heteroatoms. The molecule has 1 aromatic carbocycles. The van der Waals surface area contributed by atoms with E-state index in [4.69, 9.17) is 0 Å². The maximum Gasteiger partial charge on any atom is 0.123 e. The molecule has 2 aromatic rings. The van der Waals surface area contributed by atoms with Gasteiger partial charge in [0.2, 0.25) is 0 Å². The molecule has 2 aliphatic rings. The summed E-state index contributed by atoms with van der Waals surface area (Å²) in [5, 5.41) is 0. The molecular weight excluding hydrogens is 313 g/mol. The molecule has 1 aromatic heterocycles. The lowest BCUT2D eigenvalue weighted by molar-refractivity contribution is 0.196. The quantitative estimate of drug-likeness (QED) is 0.848. The fourth-order valence-electron chi connectivity index (χ4n) is 3.76. The van der Waals surface area contributed by atoms with Crippen LogP contribution in [-0.2, 0) is 19.5 Å². The highest BCUT2D eigenvalue weighted by Gasteiger charge is 2.25. The largest absolute Gasteiger partial charge is 0.353 e. The standard InChI is InChI=1S/C21H22FN3/c1-16-5-4-11-24(14-17-6-2-8-19(22)13-17)21(16)25-12-9-20-18(15-25)7-3-10-23-20/h2-8,10,13H,9,11-12,14-15H2,1H3. The molecule has 0 saturated heterocycles. The number of rotatable bonds is 3. The molecule has 0 aliphatic carbocycles. The first kappa shape index (κ1) is 15.9. The first-order valence-electron chi connectivity index (χ1n) is 8.75. The maximum atomic E-state index is 13.6. The lowest BCUT2D eigenvalue weighted by Crippen LogP contribution is -2.40. The topological polar surface area (TPSA) is 19.4 Å². The first-order valence-corrected chi connectivity index (χ1v) is 8.75. The Hall–Kier alpha value is -2.62. The van der Waals surface area contributed by atoms with E-state index in [0.29, 0.717) is 6.54 Å². The minimum Gasteiger partial charge on any atom is -0.353 e. The highest BCUT2D eigenvalue weighted by Crippen LogP contribution is 2.28. The van der Waals surface area contributed by atoms with Crippen LogP contribution in [0.15, 0.2) is 66.1 Å². The molecule has 3 nitrogen and oxygen atoms in total. The van der Waals surface area contributed by atoms with Crippen LogP contribution in [-0.4, -0.2) is 27.9 Å². The van der Waals surface area contributed by atoms with Gasteiger partial charge in [-0.25, -0.2) is 4.39 Å². The Kier molecular flexibility index (Phi) is 4.26. The van der Waals surface area contributed by atoms with Crippen molar-refractivity contribution in [2.75, 3.05) is 13.1 Å². The van der Waals surface area contributed by atoms with Gasteiger partial charge in [0.1, 0.15) is 11.6 Å². The van der Waals surface area contributed by atoms with E-state index in [9.17, 15) is 4.39 Å². The van der Waals surface area contributed by atoms with Crippen LogP contribution < -0.4 is 0 Å². The van der Waals surface area contributed by atoms with Gasteiger partial charge < -0.3 is 9.80 Å². The van der Waals surface area contributed by atoms with Crippen molar-refractivity contribution in [3.63, 3.8) is 0 Å². The van der Waals surface area contributed by atoms with E-state index in [1.807, 2.05) is 18.3 Å². The summed E-state index contributed by atoms with van der Waals surface area (Å²) in [5.74, 6) is 1.08. The van der Waals surface area contributed by atoms with Crippen molar-refractivity contribution in [2.24, 2.45) is 0 Å². The molecule has 0 radical (unpaired) electrons. The average molecular weight is 335 g/mol. The van der Waals surface area contributed by atoms with E-state index in [-0.39, 0.29) is 5.82 Å². The van der Waals surface area contributed by atoms with E-state index in [0.717, 1.165) is 31.6 Å². The number of halogens is 1. The van der Waals surface area contributed by atoms with Gasteiger partial charge in [-0.2, -0.15) is 0 Å². The number of nitrogens with zero attached hydrogens (tertiary/aromatic N) is 3. The van der Waals surface area contributed by atoms with Crippen molar-refractivity contribution < 1.29 is 4.39 Å². The normalized spacial score (nSPS) is 17.0. The van der Waals surface area contributed by atoms with Gasteiger partial charge in [0.15, 0.2) is 0 Å². The number of allylic oxidation sites excluding steroid dienone is 2. The average Bonchev–Trinajstić information content (AvgIpc) is 2.61. The van der Waals surface area contributed by atoms with Crippen LogP contribution in [0, 0.1) is 5.82 Å². The summed E-state index contributed by atoms with van der Waals surface area (Å²) in [6.07, 6.45) is 7.21. The molecule has 2 aliphatic heterocycles. The van der Waals surface area contributed by atoms with E-state index >= 15 is 0 Å². The van der Waals surface area contributed by atoms with Crippen LogP contribution >= 0.6 is 0 Å². The fourth-order valence-corrected chi connectivity index (χ4v) is 3.76. The molecule has 25 heavy (non-hydrogen) atoms. The van der Waals surface area contributed by atoms with Crippen molar-refractivity contribution >= 4 is 0 Å². The SMILES string of the molecule is CC1=C(N2CCc3ncccc3C2)N(Cc2cccc(F)c2)CC=C1. The second-order valence-electron chi connectivity index (χ2n) is 6.70. The van der Waals surface area contributed by atoms with Gasteiger partial charge in [-0.3, -0.25) is 4.98 Å². The van der Waals surface area contributed by atoms with Crippen molar-refractivity contribution in [2.45, 2.75) is 26.4 Å². The predicted octanol–water partition coefficient (Wildman–Crippen LogP) is 3.88. The van der Waals surface area contributed by atoms with E-state index in [1.165, 1.54) is 28.7 Å². The van der Waals surface area contributed by atoms with Crippen molar-refractivity contribution in [3.8, 4) is 0 Å². The summed E-state index contributed by atoms with van der Waals surface area (Å²) < 4.78 is 13.6. The Morgan fingerprint density at radius 3 is 3.00 bits per heavy atom. The van der Waals surface area contributed by atoms with Gasteiger partial charge in [0.25, 0.3) is 0 Å². The van der Waals surface area contributed by atoms with Crippen LogP contribution in [0.2, 0.25) is 0 Å². The van der Waals surface area contributed by atoms with Gasteiger partial charge in [-0.15, -0.1) is 0 Å².